The van der Waals surface area contributed by atoms with Crippen molar-refractivity contribution in [1.82, 2.24) is 5.32 Å². The molecule has 2 N–H and O–H groups in total. The smallest absolute Gasteiger partial charge is 0.407 e. The Morgan fingerprint density at radius 3 is 2.68 bits per heavy atom. The maximum atomic E-state index is 11.9. The molecule has 0 aliphatic heterocycles. The standard InChI is InChI=1S/C17H21NO4/c19-16(20)11-15(14-9-5-2-6-10-14)18-17(21)22-12-13-7-3-1-4-8-13/h1-5,7-8,14-15H,6,9-12H2,(H,18,21)(H,19,20)/t14-,15-/m0/s1. The van der Waals surface area contributed by atoms with Crippen LogP contribution in [0.2, 0.25) is 0 Å². The first-order valence-electron chi connectivity index (χ1n) is 7.49. The average Bonchev–Trinajstić information content (AvgIpc) is 2.54. The minimum atomic E-state index is -0.914. The molecular formula is C17H21NO4. The third-order valence-corrected chi connectivity index (χ3v) is 3.79. The van der Waals surface area contributed by atoms with Crippen molar-refractivity contribution in [2.75, 3.05) is 0 Å². The van der Waals surface area contributed by atoms with E-state index in [-0.39, 0.29) is 18.9 Å². The van der Waals surface area contributed by atoms with E-state index in [0.717, 1.165) is 24.8 Å². The van der Waals surface area contributed by atoms with E-state index >= 15 is 0 Å². The van der Waals surface area contributed by atoms with Crippen LogP contribution in [0.4, 0.5) is 4.79 Å². The number of hydrogen-bond donors (Lipinski definition) is 2. The lowest BCUT2D eigenvalue weighted by atomic mass is 9.86. The van der Waals surface area contributed by atoms with Crippen molar-refractivity contribution >= 4 is 12.1 Å². The monoisotopic (exact) mass is 303 g/mol. The highest BCUT2D eigenvalue weighted by atomic mass is 16.5. The van der Waals surface area contributed by atoms with Gasteiger partial charge in [0.1, 0.15) is 6.61 Å². The molecule has 0 spiro atoms. The van der Waals surface area contributed by atoms with Crippen LogP contribution < -0.4 is 5.32 Å². The van der Waals surface area contributed by atoms with Gasteiger partial charge in [-0.05, 0) is 30.7 Å². The second-order valence-electron chi connectivity index (χ2n) is 5.45. The van der Waals surface area contributed by atoms with Gasteiger partial charge >= 0.3 is 12.1 Å². The fourth-order valence-corrected chi connectivity index (χ4v) is 2.62. The first-order valence-corrected chi connectivity index (χ1v) is 7.49. The molecular weight excluding hydrogens is 282 g/mol. The van der Waals surface area contributed by atoms with Crippen LogP contribution in [-0.4, -0.2) is 23.2 Å². The van der Waals surface area contributed by atoms with Crippen molar-refractivity contribution in [1.29, 1.82) is 0 Å². The molecule has 1 aromatic carbocycles. The largest absolute Gasteiger partial charge is 0.481 e. The highest BCUT2D eigenvalue weighted by molar-refractivity contribution is 5.71. The molecule has 1 aliphatic carbocycles. The van der Waals surface area contributed by atoms with Crippen LogP contribution in [0.1, 0.15) is 31.2 Å². The number of carbonyl (C=O) groups excluding carboxylic acids is 1. The third-order valence-electron chi connectivity index (χ3n) is 3.79. The van der Waals surface area contributed by atoms with Crippen molar-refractivity contribution in [3.8, 4) is 0 Å². The fourth-order valence-electron chi connectivity index (χ4n) is 2.62. The molecule has 1 amide bonds. The lowest BCUT2D eigenvalue weighted by Gasteiger charge is -2.27. The Morgan fingerprint density at radius 1 is 1.27 bits per heavy atom. The van der Waals surface area contributed by atoms with Crippen LogP contribution >= 0.6 is 0 Å². The number of benzene rings is 1. The Labute approximate surface area is 130 Å². The number of ether oxygens (including phenoxy) is 1. The molecule has 2 atom stereocenters. The second-order valence-corrected chi connectivity index (χ2v) is 5.45. The maximum absolute atomic E-state index is 11.9. The highest BCUT2D eigenvalue weighted by Crippen LogP contribution is 2.23. The zero-order valence-corrected chi connectivity index (χ0v) is 12.4. The van der Waals surface area contributed by atoms with Gasteiger partial charge < -0.3 is 15.2 Å². The number of aliphatic carboxylic acids is 1. The summed E-state index contributed by atoms with van der Waals surface area (Å²) in [6, 6.07) is 8.98. The predicted octanol–water partition coefficient (Wildman–Crippen LogP) is 3.11. The topological polar surface area (TPSA) is 75.6 Å². The first-order chi connectivity index (χ1) is 10.6. The van der Waals surface area contributed by atoms with Crippen LogP contribution in [-0.2, 0) is 16.1 Å². The number of alkyl carbamates (subject to hydrolysis) is 1. The van der Waals surface area contributed by atoms with Crippen LogP contribution in [0, 0.1) is 5.92 Å². The first kappa shape index (κ1) is 16.1. The molecule has 22 heavy (non-hydrogen) atoms. The molecule has 1 aliphatic rings. The van der Waals surface area contributed by atoms with Crippen molar-refractivity contribution in [2.45, 2.75) is 38.3 Å². The number of carboxylic acid groups (broad SMARTS) is 1. The summed E-state index contributed by atoms with van der Waals surface area (Å²) in [4.78, 5) is 22.9. The average molecular weight is 303 g/mol. The van der Waals surface area contributed by atoms with Crippen LogP contribution in [0.25, 0.3) is 0 Å². The molecule has 5 nitrogen and oxygen atoms in total. The number of carbonyl (C=O) groups is 2. The van der Waals surface area contributed by atoms with E-state index in [1.54, 1.807) is 0 Å². The molecule has 0 saturated heterocycles. The van der Waals surface area contributed by atoms with Crippen molar-refractivity contribution in [2.24, 2.45) is 5.92 Å². The van der Waals surface area contributed by atoms with Gasteiger partial charge in [0.15, 0.2) is 0 Å². The van der Waals surface area contributed by atoms with Gasteiger partial charge in [0.05, 0.1) is 6.42 Å². The lowest BCUT2D eigenvalue weighted by molar-refractivity contribution is -0.137. The van der Waals surface area contributed by atoms with Crippen LogP contribution in [0.15, 0.2) is 42.5 Å². The molecule has 0 unspecified atom stereocenters. The van der Waals surface area contributed by atoms with E-state index in [1.807, 2.05) is 36.4 Å². The summed E-state index contributed by atoms with van der Waals surface area (Å²) < 4.78 is 5.17. The van der Waals surface area contributed by atoms with Crippen molar-refractivity contribution < 1.29 is 19.4 Å². The number of hydrogen-bond acceptors (Lipinski definition) is 3. The van der Waals surface area contributed by atoms with Gasteiger partial charge in [0.2, 0.25) is 0 Å². The molecule has 0 fully saturated rings. The Hall–Kier alpha value is -2.30. The Balaban J connectivity index is 1.87. The van der Waals surface area contributed by atoms with E-state index in [2.05, 4.69) is 11.4 Å². The van der Waals surface area contributed by atoms with E-state index in [1.165, 1.54) is 0 Å². The zero-order valence-electron chi connectivity index (χ0n) is 12.4. The van der Waals surface area contributed by atoms with E-state index in [0.29, 0.717) is 0 Å². The van der Waals surface area contributed by atoms with Gasteiger partial charge in [-0.1, -0.05) is 42.5 Å². The van der Waals surface area contributed by atoms with Gasteiger partial charge in [-0.2, -0.15) is 0 Å². The number of amides is 1. The number of allylic oxidation sites excluding steroid dienone is 2. The summed E-state index contributed by atoms with van der Waals surface area (Å²) >= 11 is 0. The van der Waals surface area contributed by atoms with Gasteiger partial charge in [0.25, 0.3) is 0 Å². The summed E-state index contributed by atoms with van der Waals surface area (Å²) in [7, 11) is 0. The molecule has 0 bridgehead atoms. The molecule has 2 rings (SSSR count). The molecule has 0 aromatic heterocycles. The number of rotatable bonds is 6. The summed E-state index contributed by atoms with van der Waals surface area (Å²) in [5.41, 5.74) is 0.896. The summed E-state index contributed by atoms with van der Waals surface area (Å²) in [5, 5.41) is 11.7. The Morgan fingerprint density at radius 2 is 2.05 bits per heavy atom. The van der Waals surface area contributed by atoms with Gasteiger partial charge in [-0.3, -0.25) is 4.79 Å². The minimum Gasteiger partial charge on any atom is -0.481 e. The number of nitrogens with one attached hydrogen (secondary N) is 1. The quantitative estimate of drug-likeness (QED) is 0.792. The lowest BCUT2D eigenvalue weighted by Crippen LogP contribution is -2.42. The Kier molecular flexibility index (Phi) is 6.01. The summed E-state index contributed by atoms with van der Waals surface area (Å²) in [5.74, 6) is -0.770. The third kappa shape index (κ3) is 5.24. The van der Waals surface area contributed by atoms with Gasteiger partial charge in [-0.25, -0.2) is 4.79 Å². The second kappa shape index (κ2) is 8.22. The predicted molar refractivity (Wildman–Crippen MR) is 82.3 cm³/mol. The molecule has 0 heterocycles. The molecule has 1 aromatic rings. The van der Waals surface area contributed by atoms with Crippen LogP contribution in [0.3, 0.4) is 0 Å². The molecule has 0 saturated carbocycles. The zero-order chi connectivity index (χ0) is 15.8. The SMILES string of the molecule is O=C(O)C[C@H](NC(=O)OCc1ccccc1)[C@H]1CC=CCC1. The summed E-state index contributed by atoms with van der Waals surface area (Å²) in [6.07, 6.45) is 6.07. The van der Waals surface area contributed by atoms with Crippen LogP contribution in [0.5, 0.6) is 0 Å². The summed E-state index contributed by atoms with van der Waals surface area (Å²) in [6.45, 7) is 0.178. The normalized spacial score (nSPS) is 18.5. The van der Waals surface area contributed by atoms with E-state index in [9.17, 15) is 9.59 Å². The molecule has 118 valence electrons. The fraction of sp³-hybridized carbons (Fsp3) is 0.412. The molecule has 5 heteroatoms. The van der Waals surface area contributed by atoms with E-state index < -0.39 is 18.1 Å². The highest BCUT2D eigenvalue weighted by Gasteiger charge is 2.26. The van der Waals surface area contributed by atoms with Crippen molar-refractivity contribution in [3.05, 3.63) is 48.0 Å². The van der Waals surface area contributed by atoms with Gasteiger partial charge in [0, 0.05) is 6.04 Å². The minimum absolute atomic E-state index is 0.0844. The van der Waals surface area contributed by atoms with E-state index in [4.69, 9.17) is 9.84 Å². The van der Waals surface area contributed by atoms with Gasteiger partial charge in [-0.15, -0.1) is 0 Å². The van der Waals surface area contributed by atoms with Crippen molar-refractivity contribution in [3.63, 3.8) is 0 Å². The Bertz CT molecular complexity index is 527. The number of carboxylic acids is 1. The molecule has 0 radical (unpaired) electrons. The maximum Gasteiger partial charge on any atom is 0.407 e.